The minimum Gasteiger partial charge on any atom is -0.492 e. The number of hydrogen-bond acceptors (Lipinski definition) is 7. The zero-order valence-corrected chi connectivity index (χ0v) is 25.8. The first-order chi connectivity index (χ1) is 19.7. The van der Waals surface area contributed by atoms with Gasteiger partial charge in [-0.25, -0.2) is 14.2 Å². The summed E-state index contributed by atoms with van der Waals surface area (Å²) < 4.78 is 25.3. The molecule has 3 heterocycles. The minimum absolute atomic E-state index is 0.223. The van der Waals surface area contributed by atoms with E-state index in [9.17, 15) is 14.3 Å². The van der Waals surface area contributed by atoms with E-state index in [1.807, 2.05) is 46.0 Å². The van der Waals surface area contributed by atoms with Gasteiger partial charge in [-0.15, -0.1) is 0 Å². The summed E-state index contributed by atoms with van der Waals surface area (Å²) in [5, 5.41) is 13.6. The van der Waals surface area contributed by atoms with Crippen molar-refractivity contribution in [3.05, 3.63) is 65.4 Å². The molecule has 42 heavy (non-hydrogen) atoms. The molecule has 1 atom stereocenters. The largest absolute Gasteiger partial charge is 0.492 e. The van der Waals surface area contributed by atoms with Gasteiger partial charge in [0.1, 0.15) is 24.0 Å². The van der Waals surface area contributed by atoms with Crippen molar-refractivity contribution in [2.24, 2.45) is 5.41 Å². The van der Waals surface area contributed by atoms with Crippen LogP contribution in [0.2, 0.25) is 0 Å². The molecule has 1 aliphatic rings. The van der Waals surface area contributed by atoms with Crippen molar-refractivity contribution in [2.75, 3.05) is 36.5 Å². The van der Waals surface area contributed by atoms with Crippen molar-refractivity contribution in [2.45, 2.75) is 73.0 Å². The maximum atomic E-state index is 13.5. The Hall–Kier alpha value is -3.72. The second kappa shape index (κ2) is 12.7. The zero-order chi connectivity index (χ0) is 30.7. The van der Waals surface area contributed by atoms with Gasteiger partial charge in [0.05, 0.1) is 17.8 Å². The molecule has 0 radical (unpaired) electrons. The molecule has 2 N–H and O–H groups in total. The van der Waals surface area contributed by atoms with Crippen molar-refractivity contribution < 1.29 is 23.8 Å². The fourth-order valence-electron chi connectivity index (χ4n) is 5.11. The van der Waals surface area contributed by atoms with Gasteiger partial charge in [-0.3, -0.25) is 4.98 Å². The highest BCUT2D eigenvalue weighted by Gasteiger charge is 2.35. The molecule has 2 aromatic heterocycles. The van der Waals surface area contributed by atoms with E-state index in [4.69, 9.17) is 9.47 Å². The van der Waals surface area contributed by atoms with Gasteiger partial charge in [0.25, 0.3) is 0 Å². The molecule has 1 aromatic carbocycles. The molecule has 226 valence electrons. The Labute approximate surface area is 248 Å². The first-order valence-corrected chi connectivity index (χ1v) is 14.5. The standard InChI is InChI=1S/C33H43FN4O4/c1-21-18-24(9-10-26(21)34)41-17-14-35-27-11-8-23(19-37-27)25-20-36-22(2)28(30(31(39)40)42-32(3,4)5)29(25)38-15-12-33(6,7)13-16-38/h8-11,18-20,30H,12-17H2,1-7H3,(H,35,37)(H,39,40)/t30-/m0/s1. The van der Waals surface area contributed by atoms with E-state index in [2.05, 4.69) is 34.0 Å². The number of hydrogen-bond donors (Lipinski definition) is 2. The van der Waals surface area contributed by atoms with Crippen LogP contribution >= 0.6 is 0 Å². The maximum absolute atomic E-state index is 13.5. The van der Waals surface area contributed by atoms with Crippen LogP contribution in [0.3, 0.4) is 0 Å². The molecule has 0 aliphatic carbocycles. The summed E-state index contributed by atoms with van der Waals surface area (Å²) in [6.45, 7) is 16.2. The molecule has 0 amide bonds. The van der Waals surface area contributed by atoms with Gasteiger partial charge in [0.2, 0.25) is 0 Å². The van der Waals surface area contributed by atoms with Crippen molar-refractivity contribution >= 4 is 17.5 Å². The fraction of sp³-hybridized carbons (Fsp3) is 0.485. The average Bonchev–Trinajstić information content (AvgIpc) is 2.92. The number of anilines is 2. The number of ether oxygens (including phenoxy) is 2. The van der Waals surface area contributed by atoms with Gasteiger partial charge >= 0.3 is 5.97 Å². The second-order valence-corrected chi connectivity index (χ2v) is 12.7. The van der Waals surface area contributed by atoms with Crippen LogP contribution in [0.15, 0.2) is 42.7 Å². The topological polar surface area (TPSA) is 96.8 Å². The number of pyridine rings is 2. The lowest BCUT2D eigenvalue weighted by Gasteiger charge is -2.40. The van der Waals surface area contributed by atoms with Crippen molar-refractivity contribution in [3.8, 4) is 16.9 Å². The molecule has 4 rings (SSSR count). The van der Waals surface area contributed by atoms with Crippen LogP contribution in [-0.4, -0.2) is 52.9 Å². The normalized spacial score (nSPS) is 15.8. The monoisotopic (exact) mass is 578 g/mol. The molecule has 0 bridgehead atoms. The third-order valence-corrected chi connectivity index (χ3v) is 7.56. The maximum Gasteiger partial charge on any atom is 0.337 e. The van der Waals surface area contributed by atoms with E-state index in [0.29, 0.717) is 41.5 Å². The number of rotatable bonds is 10. The Morgan fingerprint density at radius 3 is 2.43 bits per heavy atom. The van der Waals surface area contributed by atoms with Crippen LogP contribution in [0.4, 0.5) is 15.9 Å². The van der Waals surface area contributed by atoms with E-state index >= 15 is 0 Å². The van der Waals surface area contributed by atoms with E-state index < -0.39 is 17.7 Å². The number of piperidine rings is 1. The summed E-state index contributed by atoms with van der Waals surface area (Å²) in [6, 6.07) is 8.54. The Morgan fingerprint density at radius 1 is 1.12 bits per heavy atom. The minimum atomic E-state index is -1.17. The average molecular weight is 579 g/mol. The van der Waals surface area contributed by atoms with E-state index in [1.165, 1.54) is 6.07 Å². The number of carboxylic acids is 1. The molecule has 1 saturated heterocycles. The summed E-state index contributed by atoms with van der Waals surface area (Å²) in [5.41, 5.74) is 3.84. The third kappa shape index (κ3) is 7.76. The lowest BCUT2D eigenvalue weighted by molar-refractivity contribution is -0.160. The van der Waals surface area contributed by atoms with Crippen LogP contribution < -0.4 is 15.0 Å². The van der Waals surface area contributed by atoms with E-state index in [1.54, 1.807) is 25.3 Å². The van der Waals surface area contributed by atoms with Gasteiger partial charge in [0, 0.05) is 47.9 Å². The molecular formula is C33H43FN4O4. The van der Waals surface area contributed by atoms with Crippen LogP contribution in [-0.2, 0) is 9.53 Å². The quantitative estimate of drug-likeness (QED) is 0.249. The number of carboxylic acid groups (broad SMARTS) is 1. The van der Waals surface area contributed by atoms with Gasteiger partial charge in [-0.05, 0) is 88.8 Å². The summed E-state index contributed by atoms with van der Waals surface area (Å²) in [7, 11) is 0. The molecule has 1 fully saturated rings. The molecule has 1 aliphatic heterocycles. The number of nitrogens with one attached hydrogen (secondary N) is 1. The highest BCUT2D eigenvalue weighted by molar-refractivity contribution is 5.86. The summed E-state index contributed by atoms with van der Waals surface area (Å²) in [4.78, 5) is 24.1. The lowest BCUT2D eigenvalue weighted by Crippen LogP contribution is -2.39. The molecule has 0 unspecified atom stereocenters. The molecule has 0 spiro atoms. The Morgan fingerprint density at radius 2 is 1.83 bits per heavy atom. The van der Waals surface area contributed by atoms with E-state index in [0.717, 1.165) is 42.7 Å². The van der Waals surface area contributed by atoms with Crippen LogP contribution in [0.1, 0.15) is 70.4 Å². The summed E-state index contributed by atoms with van der Waals surface area (Å²) >= 11 is 0. The van der Waals surface area contributed by atoms with Crippen molar-refractivity contribution in [1.29, 1.82) is 0 Å². The molecule has 9 heteroatoms. The SMILES string of the molecule is Cc1cc(OCCNc2ccc(-c3cnc(C)c([C@H](OC(C)(C)C)C(=O)O)c3N3CCC(C)(C)CC3)cn2)ccc1F. The van der Waals surface area contributed by atoms with Gasteiger partial charge < -0.3 is 24.8 Å². The Kier molecular flexibility index (Phi) is 9.40. The molecular weight excluding hydrogens is 535 g/mol. The fourth-order valence-corrected chi connectivity index (χ4v) is 5.11. The molecule has 3 aromatic rings. The second-order valence-electron chi connectivity index (χ2n) is 12.7. The number of nitrogens with zero attached hydrogens (tertiary/aromatic N) is 3. The van der Waals surface area contributed by atoms with Gasteiger partial charge in [-0.2, -0.15) is 0 Å². The van der Waals surface area contributed by atoms with Crippen molar-refractivity contribution in [1.82, 2.24) is 9.97 Å². The van der Waals surface area contributed by atoms with Gasteiger partial charge in [-0.1, -0.05) is 13.8 Å². The number of aromatic nitrogens is 2. The number of benzene rings is 1. The highest BCUT2D eigenvalue weighted by atomic mass is 19.1. The summed E-state index contributed by atoms with van der Waals surface area (Å²) in [6.07, 6.45) is 4.41. The molecule has 8 nitrogen and oxygen atoms in total. The number of halogens is 1. The highest BCUT2D eigenvalue weighted by Crippen LogP contribution is 2.43. The number of aryl methyl sites for hydroxylation is 2. The lowest BCUT2D eigenvalue weighted by atomic mass is 9.82. The van der Waals surface area contributed by atoms with Crippen LogP contribution in [0, 0.1) is 25.1 Å². The van der Waals surface area contributed by atoms with Crippen molar-refractivity contribution in [3.63, 3.8) is 0 Å². The van der Waals surface area contributed by atoms with Gasteiger partial charge in [0.15, 0.2) is 6.10 Å². The third-order valence-electron chi connectivity index (χ3n) is 7.56. The Balaban J connectivity index is 1.60. The predicted molar refractivity (Wildman–Crippen MR) is 164 cm³/mol. The number of aliphatic carboxylic acids is 1. The first kappa shape index (κ1) is 31.2. The first-order valence-electron chi connectivity index (χ1n) is 14.5. The zero-order valence-electron chi connectivity index (χ0n) is 25.8. The van der Waals surface area contributed by atoms with E-state index in [-0.39, 0.29) is 11.2 Å². The Bertz CT molecular complexity index is 1390. The predicted octanol–water partition coefficient (Wildman–Crippen LogP) is 6.96. The smallest absolute Gasteiger partial charge is 0.337 e. The van der Waals surface area contributed by atoms with Crippen LogP contribution in [0.5, 0.6) is 5.75 Å². The van der Waals surface area contributed by atoms with Crippen LogP contribution in [0.25, 0.3) is 11.1 Å². The number of carbonyl (C=O) groups is 1. The molecule has 0 saturated carbocycles. The summed E-state index contributed by atoms with van der Waals surface area (Å²) in [5.74, 6) is -0.00138.